The molecule has 0 saturated heterocycles. The van der Waals surface area contributed by atoms with Crippen molar-refractivity contribution >= 4 is 17.7 Å². The van der Waals surface area contributed by atoms with E-state index in [1.165, 1.54) is 6.07 Å². The molecule has 0 aliphatic heterocycles. The van der Waals surface area contributed by atoms with Crippen molar-refractivity contribution in [2.24, 2.45) is 0 Å². The van der Waals surface area contributed by atoms with E-state index in [1.807, 2.05) is 0 Å². The number of amides is 1. The summed E-state index contributed by atoms with van der Waals surface area (Å²) in [6.45, 7) is -0.754. The Morgan fingerprint density at radius 2 is 2.00 bits per heavy atom. The lowest BCUT2D eigenvalue weighted by atomic mass is 10.3. The standard InChI is InChI=1S/C11H13F2NO3S/c12-7-1-2-10(9(13)3-7)18-6-11(17)14-8(4-15)5-16/h1-3,8,15-16H,4-6H2,(H,14,17). The maximum absolute atomic E-state index is 13.2. The van der Waals surface area contributed by atoms with Crippen LogP contribution in [0.15, 0.2) is 23.1 Å². The quantitative estimate of drug-likeness (QED) is 0.663. The first-order valence-corrected chi connectivity index (χ1v) is 6.14. The number of thioether (sulfide) groups is 1. The molecule has 0 bridgehead atoms. The lowest BCUT2D eigenvalue weighted by Crippen LogP contribution is -2.40. The molecule has 1 aromatic rings. The van der Waals surface area contributed by atoms with Gasteiger partial charge in [-0.05, 0) is 12.1 Å². The topological polar surface area (TPSA) is 69.6 Å². The monoisotopic (exact) mass is 277 g/mol. The molecule has 0 radical (unpaired) electrons. The fourth-order valence-electron chi connectivity index (χ4n) is 1.15. The van der Waals surface area contributed by atoms with Crippen LogP contribution in [0.1, 0.15) is 0 Å². The van der Waals surface area contributed by atoms with Crippen LogP contribution in [-0.2, 0) is 4.79 Å². The maximum Gasteiger partial charge on any atom is 0.230 e. The van der Waals surface area contributed by atoms with Crippen molar-refractivity contribution in [1.29, 1.82) is 0 Å². The zero-order valence-electron chi connectivity index (χ0n) is 9.40. The summed E-state index contributed by atoms with van der Waals surface area (Å²) in [7, 11) is 0. The average Bonchev–Trinajstić information content (AvgIpc) is 2.35. The van der Waals surface area contributed by atoms with Crippen molar-refractivity contribution < 1.29 is 23.8 Å². The van der Waals surface area contributed by atoms with Gasteiger partial charge in [-0.3, -0.25) is 4.79 Å². The third kappa shape index (κ3) is 4.59. The van der Waals surface area contributed by atoms with Gasteiger partial charge in [0.2, 0.25) is 5.91 Å². The summed E-state index contributed by atoms with van der Waals surface area (Å²) in [5.74, 6) is -1.94. The SMILES string of the molecule is O=C(CSc1ccc(F)cc1F)NC(CO)CO. The third-order valence-corrected chi connectivity index (χ3v) is 3.11. The molecule has 0 heterocycles. The number of hydrogen-bond acceptors (Lipinski definition) is 4. The van der Waals surface area contributed by atoms with Gasteiger partial charge in [-0.25, -0.2) is 8.78 Å². The van der Waals surface area contributed by atoms with Crippen molar-refractivity contribution in [2.45, 2.75) is 10.9 Å². The van der Waals surface area contributed by atoms with Gasteiger partial charge in [0.15, 0.2) is 0 Å². The molecule has 0 atom stereocenters. The van der Waals surface area contributed by atoms with Crippen LogP contribution in [0.4, 0.5) is 8.78 Å². The number of carbonyl (C=O) groups excluding carboxylic acids is 1. The van der Waals surface area contributed by atoms with Gasteiger partial charge in [0.25, 0.3) is 0 Å². The Balaban J connectivity index is 2.47. The van der Waals surface area contributed by atoms with Crippen molar-refractivity contribution in [3.63, 3.8) is 0 Å². The second-order valence-electron chi connectivity index (χ2n) is 3.49. The molecule has 4 nitrogen and oxygen atoms in total. The van der Waals surface area contributed by atoms with Crippen LogP contribution in [0.5, 0.6) is 0 Å². The first-order valence-electron chi connectivity index (χ1n) is 5.15. The minimum Gasteiger partial charge on any atom is -0.394 e. The van der Waals surface area contributed by atoms with Crippen LogP contribution in [0.3, 0.4) is 0 Å². The average molecular weight is 277 g/mol. The van der Waals surface area contributed by atoms with E-state index >= 15 is 0 Å². The Bertz CT molecular complexity index is 413. The number of halogens is 2. The van der Waals surface area contributed by atoms with Crippen molar-refractivity contribution in [1.82, 2.24) is 5.32 Å². The van der Waals surface area contributed by atoms with Gasteiger partial charge in [0, 0.05) is 11.0 Å². The summed E-state index contributed by atoms with van der Waals surface area (Å²) in [4.78, 5) is 11.5. The van der Waals surface area contributed by atoms with Gasteiger partial charge < -0.3 is 15.5 Å². The molecule has 0 aliphatic rings. The zero-order valence-corrected chi connectivity index (χ0v) is 10.2. The Morgan fingerprint density at radius 1 is 1.33 bits per heavy atom. The van der Waals surface area contributed by atoms with Crippen LogP contribution < -0.4 is 5.32 Å². The molecule has 0 fully saturated rings. The van der Waals surface area contributed by atoms with Gasteiger partial charge in [-0.15, -0.1) is 11.8 Å². The summed E-state index contributed by atoms with van der Waals surface area (Å²) < 4.78 is 25.8. The van der Waals surface area contributed by atoms with Crippen LogP contribution in [-0.4, -0.2) is 41.1 Å². The Labute approximate surface area is 107 Å². The van der Waals surface area contributed by atoms with Crippen molar-refractivity contribution in [3.05, 3.63) is 29.8 Å². The van der Waals surface area contributed by atoms with E-state index in [0.717, 1.165) is 23.9 Å². The first kappa shape index (κ1) is 14.9. The number of aliphatic hydroxyl groups is 2. The largest absolute Gasteiger partial charge is 0.394 e. The minimum atomic E-state index is -0.728. The highest BCUT2D eigenvalue weighted by atomic mass is 32.2. The second-order valence-corrected chi connectivity index (χ2v) is 4.51. The summed E-state index contributed by atoms with van der Waals surface area (Å²) in [6.07, 6.45) is 0. The van der Waals surface area contributed by atoms with Crippen LogP contribution in [0.25, 0.3) is 0 Å². The van der Waals surface area contributed by atoms with Gasteiger partial charge in [0.1, 0.15) is 11.6 Å². The summed E-state index contributed by atoms with van der Waals surface area (Å²) in [6, 6.07) is 2.37. The van der Waals surface area contributed by atoms with E-state index in [0.29, 0.717) is 0 Å². The number of nitrogens with one attached hydrogen (secondary N) is 1. The van der Waals surface area contributed by atoms with Gasteiger partial charge in [-0.2, -0.15) is 0 Å². The van der Waals surface area contributed by atoms with Crippen molar-refractivity contribution in [2.75, 3.05) is 19.0 Å². The number of carbonyl (C=O) groups is 1. The molecule has 0 saturated carbocycles. The molecule has 3 N–H and O–H groups in total. The first-order chi connectivity index (χ1) is 8.56. The Morgan fingerprint density at radius 3 is 2.56 bits per heavy atom. The molecular weight excluding hydrogens is 264 g/mol. The molecule has 0 unspecified atom stereocenters. The number of rotatable bonds is 6. The number of hydrogen-bond donors (Lipinski definition) is 3. The van der Waals surface area contributed by atoms with Gasteiger partial charge >= 0.3 is 0 Å². The molecule has 7 heteroatoms. The molecular formula is C11H13F2NO3S. The molecule has 100 valence electrons. The highest BCUT2D eigenvalue weighted by Crippen LogP contribution is 2.21. The molecule has 1 amide bonds. The zero-order chi connectivity index (χ0) is 13.5. The van der Waals surface area contributed by atoms with E-state index in [-0.39, 0.29) is 23.9 Å². The van der Waals surface area contributed by atoms with E-state index in [4.69, 9.17) is 10.2 Å². The van der Waals surface area contributed by atoms with Crippen LogP contribution in [0.2, 0.25) is 0 Å². The molecule has 0 aromatic heterocycles. The summed E-state index contributed by atoms with van der Waals surface area (Å²) >= 11 is 0.910. The fourth-order valence-corrected chi connectivity index (χ4v) is 1.88. The van der Waals surface area contributed by atoms with Crippen LogP contribution in [0, 0.1) is 11.6 Å². The van der Waals surface area contributed by atoms with E-state index in [1.54, 1.807) is 0 Å². The second kappa shape index (κ2) is 7.30. The van der Waals surface area contributed by atoms with E-state index < -0.39 is 23.6 Å². The lowest BCUT2D eigenvalue weighted by molar-refractivity contribution is -0.119. The molecule has 0 spiro atoms. The fraction of sp³-hybridized carbons (Fsp3) is 0.364. The Hall–Kier alpha value is -1.18. The number of benzene rings is 1. The predicted molar refractivity (Wildman–Crippen MR) is 63.2 cm³/mol. The Kier molecular flexibility index (Phi) is 6.03. The predicted octanol–water partition coefficient (Wildman–Crippen LogP) is 0.526. The normalized spacial score (nSPS) is 10.7. The molecule has 1 aromatic carbocycles. The highest BCUT2D eigenvalue weighted by molar-refractivity contribution is 8.00. The third-order valence-electron chi connectivity index (χ3n) is 2.06. The van der Waals surface area contributed by atoms with E-state index in [9.17, 15) is 13.6 Å². The smallest absolute Gasteiger partial charge is 0.230 e. The lowest BCUT2D eigenvalue weighted by Gasteiger charge is -2.12. The van der Waals surface area contributed by atoms with E-state index in [2.05, 4.69) is 5.32 Å². The van der Waals surface area contributed by atoms with Gasteiger partial charge in [0.05, 0.1) is 25.0 Å². The molecule has 1 rings (SSSR count). The molecule has 0 aliphatic carbocycles. The van der Waals surface area contributed by atoms with Crippen molar-refractivity contribution in [3.8, 4) is 0 Å². The maximum atomic E-state index is 13.2. The van der Waals surface area contributed by atoms with Crippen LogP contribution >= 0.6 is 11.8 Å². The van der Waals surface area contributed by atoms with Gasteiger partial charge in [-0.1, -0.05) is 0 Å². The highest BCUT2D eigenvalue weighted by Gasteiger charge is 2.11. The number of aliphatic hydroxyl groups excluding tert-OH is 2. The summed E-state index contributed by atoms with van der Waals surface area (Å²) in [5.41, 5.74) is 0. The summed E-state index contributed by atoms with van der Waals surface area (Å²) in [5, 5.41) is 19.9. The minimum absolute atomic E-state index is 0.0843. The molecule has 18 heavy (non-hydrogen) atoms.